The standard InChI is InChI=1S/C24H22N6O2S2/c1-3-19-21(22(31)32-2)28-24(34-19)26-18-12-8-7-11-17(18)25-23(33)27-20-14-13-16(29-30-20)15-9-5-4-6-10-15/h4-14H,3H2,1-2H3,(H,26,28)(H2,25,27,30,33). The SMILES string of the molecule is CCc1sc(Nc2ccccc2NC(=S)Nc2ccc(-c3ccccc3)nn2)nc1C(=O)OC. The first kappa shape index (κ1) is 23.3. The van der Waals surface area contributed by atoms with Gasteiger partial charge in [0.2, 0.25) is 0 Å². The summed E-state index contributed by atoms with van der Waals surface area (Å²) in [4.78, 5) is 17.3. The summed E-state index contributed by atoms with van der Waals surface area (Å²) < 4.78 is 4.84. The van der Waals surface area contributed by atoms with Gasteiger partial charge in [-0.15, -0.1) is 21.5 Å². The van der Waals surface area contributed by atoms with Gasteiger partial charge in [-0.3, -0.25) is 0 Å². The summed E-state index contributed by atoms with van der Waals surface area (Å²) in [6.45, 7) is 1.97. The molecule has 2 heterocycles. The van der Waals surface area contributed by atoms with E-state index in [1.54, 1.807) is 0 Å². The number of thiocarbonyl (C=S) groups is 1. The van der Waals surface area contributed by atoms with Crippen LogP contribution in [0.3, 0.4) is 0 Å². The molecule has 3 N–H and O–H groups in total. The van der Waals surface area contributed by atoms with Crippen LogP contribution in [-0.4, -0.2) is 33.4 Å². The van der Waals surface area contributed by atoms with E-state index in [-0.39, 0.29) is 0 Å². The monoisotopic (exact) mass is 490 g/mol. The largest absolute Gasteiger partial charge is 0.464 e. The highest BCUT2D eigenvalue weighted by Crippen LogP contribution is 2.30. The fourth-order valence-electron chi connectivity index (χ4n) is 3.15. The molecule has 34 heavy (non-hydrogen) atoms. The van der Waals surface area contributed by atoms with Gasteiger partial charge in [0.15, 0.2) is 21.8 Å². The van der Waals surface area contributed by atoms with Gasteiger partial charge in [-0.05, 0) is 42.9 Å². The molecule has 4 rings (SSSR count). The molecule has 172 valence electrons. The number of esters is 1. The van der Waals surface area contributed by atoms with E-state index in [1.807, 2.05) is 73.7 Å². The van der Waals surface area contributed by atoms with Gasteiger partial charge in [-0.2, -0.15) is 0 Å². The van der Waals surface area contributed by atoms with E-state index in [0.717, 1.165) is 27.5 Å². The minimum absolute atomic E-state index is 0.331. The number of nitrogens with zero attached hydrogens (tertiary/aromatic N) is 3. The average Bonchev–Trinajstić information content (AvgIpc) is 3.28. The van der Waals surface area contributed by atoms with Crippen molar-refractivity contribution in [2.75, 3.05) is 23.1 Å². The number of rotatable bonds is 7. The molecule has 8 nitrogen and oxygen atoms in total. The highest BCUT2D eigenvalue weighted by molar-refractivity contribution is 7.80. The maximum atomic E-state index is 12.0. The van der Waals surface area contributed by atoms with Crippen LogP contribution in [0.2, 0.25) is 0 Å². The highest BCUT2D eigenvalue weighted by atomic mass is 32.1. The number of aryl methyl sites for hydroxylation is 1. The van der Waals surface area contributed by atoms with Crippen LogP contribution in [-0.2, 0) is 11.2 Å². The fourth-order valence-corrected chi connectivity index (χ4v) is 4.26. The Morgan fingerprint density at radius 1 is 0.971 bits per heavy atom. The molecule has 10 heteroatoms. The lowest BCUT2D eigenvalue weighted by Crippen LogP contribution is -2.20. The summed E-state index contributed by atoms with van der Waals surface area (Å²) in [5.74, 6) is 0.0789. The molecule has 0 aliphatic carbocycles. The molecule has 0 amide bonds. The Bertz CT molecular complexity index is 1290. The second kappa shape index (κ2) is 10.8. The van der Waals surface area contributed by atoms with Crippen molar-refractivity contribution in [3.8, 4) is 11.3 Å². The summed E-state index contributed by atoms with van der Waals surface area (Å²) in [5.41, 5.74) is 3.59. The van der Waals surface area contributed by atoms with Gasteiger partial charge >= 0.3 is 5.97 Å². The van der Waals surface area contributed by atoms with Gasteiger partial charge in [-0.25, -0.2) is 9.78 Å². The number of ether oxygens (including phenoxy) is 1. The van der Waals surface area contributed by atoms with Crippen LogP contribution in [0.15, 0.2) is 66.7 Å². The Hall–Kier alpha value is -3.89. The van der Waals surface area contributed by atoms with Crippen molar-refractivity contribution >= 4 is 57.0 Å². The lowest BCUT2D eigenvalue weighted by Gasteiger charge is -2.14. The van der Waals surface area contributed by atoms with Gasteiger partial charge in [0, 0.05) is 10.4 Å². The molecule has 0 spiro atoms. The zero-order valence-electron chi connectivity index (χ0n) is 18.5. The van der Waals surface area contributed by atoms with Crippen molar-refractivity contribution < 1.29 is 9.53 Å². The quantitative estimate of drug-likeness (QED) is 0.229. The van der Waals surface area contributed by atoms with Gasteiger partial charge in [0.25, 0.3) is 0 Å². The normalized spacial score (nSPS) is 10.4. The van der Waals surface area contributed by atoms with Crippen LogP contribution in [0.25, 0.3) is 11.3 Å². The van der Waals surface area contributed by atoms with E-state index in [2.05, 4.69) is 31.1 Å². The third-order valence-corrected chi connectivity index (χ3v) is 6.11. The van der Waals surface area contributed by atoms with Crippen LogP contribution in [0.5, 0.6) is 0 Å². The van der Waals surface area contributed by atoms with Crippen LogP contribution < -0.4 is 16.0 Å². The molecule has 4 aromatic rings. The summed E-state index contributed by atoms with van der Waals surface area (Å²) in [6.07, 6.45) is 0.682. The number of carbonyl (C=O) groups is 1. The number of aromatic nitrogens is 3. The maximum Gasteiger partial charge on any atom is 0.357 e. The van der Waals surface area contributed by atoms with E-state index >= 15 is 0 Å². The Balaban J connectivity index is 1.44. The molecule has 0 unspecified atom stereocenters. The van der Waals surface area contributed by atoms with Gasteiger partial charge in [-0.1, -0.05) is 49.4 Å². The van der Waals surface area contributed by atoms with Crippen LogP contribution in [0.4, 0.5) is 22.3 Å². The van der Waals surface area contributed by atoms with E-state index in [1.165, 1.54) is 18.4 Å². The fraction of sp³-hybridized carbons (Fsp3) is 0.125. The molecule has 0 saturated carbocycles. The van der Waals surface area contributed by atoms with Gasteiger partial charge < -0.3 is 20.7 Å². The Morgan fingerprint density at radius 3 is 2.38 bits per heavy atom. The topological polar surface area (TPSA) is 101 Å². The average molecular weight is 491 g/mol. The predicted molar refractivity (Wildman–Crippen MR) is 140 cm³/mol. The molecule has 2 aromatic heterocycles. The van der Waals surface area contributed by atoms with Crippen molar-refractivity contribution in [1.82, 2.24) is 15.2 Å². The smallest absolute Gasteiger partial charge is 0.357 e. The molecule has 2 aromatic carbocycles. The number of benzene rings is 2. The zero-order chi connectivity index (χ0) is 23.9. The predicted octanol–water partition coefficient (Wildman–Crippen LogP) is 5.50. The molecule has 0 fully saturated rings. The van der Waals surface area contributed by atoms with E-state index in [0.29, 0.717) is 28.2 Å². The van der Waals surface area contributed by atoms with Gasteiger partial charge in [0.1, 0.15) is 0 Å². The number of para-hydroxylation sites is 2. The summed E-state index contributed by atoms with van der Waals surface area (Å²) >= 11 is 6.88. The van der Waals surface area contributed by atoms with Crippen LogP contribution >= 0.6 is 23.6 Å². The van der Waals surface area contributed by atoms with E-state index < -0.39 is 5.97 Å². The number of thiazole rings is 1. The molecular weight excluding hydrogens is 468 g/mol. The minimum Gasteiger partial charge on any atom is -0.464 e. The highest BCUT2D eigenvalue weighted by Gasteiger charge is 2.18. The van der Waals surface area contributed by atoms with Crippen molar-refractivity contribution in [1.29, 1.82) is 0 Å². The summed E-state index contributed by atoms with van der Waals surface area (Å²) in [7, 11) is 1.35. The second-order valence-corrected chi connectivity index (χ2v) is 8.55. The van der Waals surface area contributed by atoms with E-state index in [9.17, 15) is 4.79 Å². The Labute approximate surface area is 206 Å². The zero-order valence-corrected chi connectivity index (χ0v) is 20.2. The first-order valence-corrected chi connectivity index (χ1v) is 11.7. The molecule has 0 aliphatic rings. The number of hydrogen-bond donors (Lipinski definition) is 3. The number of methoxy groups -OCH3 is 1. The molecule has 0 radical (unpaired) electrons. The lowest BCUT2D eigenvalue weighted by atomic mass is 10.1. The second-order valence-electron chi connectivity index (χ2n) is 7.06. The number of anilines is 4. The summed E-state index contributed by atoms with van der Waals surface area (Å²) in [6, 6.07) is 21.1. The summed E-state index contributed by atoms with van der Waals surface area (Å²) in [5, 5.41) is 18.9. The first-order valence-electron chi connectivity index (χ1n) is 10.5. The number of hydrogen-bond acceptors (Lipinski definition) is 8. The molecular formula is C24H22N6O2S2. The molecule has 0 saturated heterocycles. The third kappa shape index (κ3) is 5.53. The first-order chi connectivity index (χ1) is 16.6. The van der Waals surface area contributed by atoms with E-state index in [4.69, 9.17) is 17.0 Å². The molecule has 0 atom stereocenters. The van der Waals surface area contributed by atoms with Crippen molar-refractivity contribution in [2.24, 2.45) is 0 Å². The minimum atomic E-state index is -0.447. The molecule has 0 aliphatic heterocycles. The Morgan fingerprint density at radius 2 is 1.71 bits per heavy atom. The maximum absolute atomic E-state index is 12.0. The van der Waals surface area contributed by atoms with Crippen molar-refractivity contribution in [3.63, 3.8) is 0 Å². The number of carbonyl (C=O) groups excluding carboxylic acids is 1. The van der Waals surface area contributed by atoms with Gasteiger partial charge in [0.05, 0.1) is 24.2 Å². The third-order valence-electron chi connectivity index (χ3n) is 4.79. The Kier molecular flexibility index (Phi) is 7.41. The number of nitrogens with one attached hydrogen (secondary N) is 3. The van der Waals surface area contributed by atoms with Crippen LogP contribution in [0, 0.1) is 0 Å². The molecule has 0 bridgehead atoms. The lowest BCUT2D eigenvalue weighted by molar-refractivity contribution is 0.0594. The van der Waals surface area contributed by atoms with Crippen LogP contribution in [0.1, 0.15) is 22.3 Å². The van der Waals surface area contributed by atoms with Crippen molar-refractivity contribution in [2.45, 2.75) is 13.3 Å². The van der Waals surface area contributed by atoms with Crippen molar-refractivity contribution in [3.05, 3.63) is 77.3 Å².